The molecule has 0 unspecified atom stereocenters. The summed E-state index contributed by atoms with van der Waals surface area (Å²) in [4.78, 5) is -0.0993. The van der Waals surface area contributed by atoms with Gasteiger partial charge in [0.2, 0.25) is 0 Å². The van der Waals surface area contributed by atoms with Crippen molar-refractivity contribution in [2.24, 2.45) is 0 Å². The van der Waals surface area contributed by atoms with Crippen molar-refractivity contribution in [1.82, 2.24) is 0 Å². The Labute approximate surface area is 113 Å². The molecule has 1 aromatic carbocycles. The summed E-state index contributed by atoms with van der Waals surface area (Å²) in [6.45, 7) is 4.98. The van der Waals surface area contributed by atoms with Gasteiger partial charge >= 0.3 is 17.9 Å². The average Bonchev–Trinajstić information content (AvgIpc) is 2.28. The molecular formula is C11H17O6PS. The lowest BCUT2D eigenvalue weighted by molar-refractivity contribution is 0.169. The van der Waals surface area contributed by atoms with Gasteiger partial charge in [0.1, 0.15) is 0 Å². The van der Waals surface area contributed by atoms with Crippen LogP contribution in [-0.2, 0) is 27.7 Å². The third-order valence-corrected chi connectivity index (χ3v) is 5.59. The summed E-state index contributed by atoms with van der Waals surface area (Å²) < 4.78 is 50.1. The predicted octanol–water partition coefficient (Wildman–Crippen LogP) is 2.88. The Morgan fingerprint density at radius 2 is 1.53 bits per heavy atom. The first-order chi connectivity index (χ1) is 8.83. The molecule has 0 aliphatic heterocycles. The molecular weight excluding hydrogens is 291 g/mol. The highest BCUT2D eigenvalue weighted by atomic mass is 32.2. The standard InChI is InChI=1S/C11H17O6PS/c1-4-15-18(12,16-5-2)17-19(13,14)11-8-6-10(3)7-9-11/h6-9H,4-5H2,1-3H3. The fraction of sp³-hybridized carbons (Fsp3) is 0.455. The molecule has 1 rings (SSSR count). The number of benzene rings is 1. The van der Waals surface area contributed by atoms with Gasteiger partial charge in [0, 0.05) is 0 Å². The SMILES string of the molecule is CCOP(=O)(OCC)OS(=O)(=O)c1ccc(C)cc1. The molecule has 8 heteroatoms. The van der Waals surface area contributed by atoms with Crippen LogP contribution in [-0.4, -0.2) is 21.6 Å². The van der Waals surface area contributed by atoms with Crippen molar-refractivity contribution in [2.75, 3.05) is 13.2 Å². The smallest absolute Gasteiger partial charge is 0.286 e. The van der Waals surface area contributed by atoms with Gasteiger partial charge < -0.3 is 0 Å². The minimum Gasteiger partial charge on any atom is -0.286 e. The number of rotatable bonds is 7. The minimum atomic E-state index is -4.19. The van der Waals surface area contributed by atoms with Crippen LogP contribution in [0.2, 0.25) is 0 Å². The molecule has 19 heavy (non-hydrogen) atoms. The molecule has 6 nitrogen and oxygen atoms in total. The molecule has 0 aliphatic rings. The van der Waals surface area contributed by atoms with E-state index >= 15 is 0 Å². The van der Waals surface area contributed by atoms with Gasteiger partial charge in [-0.1, -0.05) is 17.7 Å². The maximum Gasteiger partial charge on any atom is 0.489 e. The van der Waals surface area contributed by atoms with Crippen LogP contribution in [0.15, 0.2) is 29.2 Å². The molecule has 0 saturated heterocycles. The molecule has 108 valence electrons. The van der Waals surface area contributed by atoms with Crippen LogP contribution < -0.4 is 0 Å². The Kier molecular flexibility index (Phi) is 5.70. The third-order valence-electron chi connectivity index (χ3n) is 2.07. The van der Waals surface area contributed by atoms with Gasteiger partial charge in [-0.05, 0) is 32.9 Å². The third kappa shape index (κ3) is 4.71. The van der Waals surface area contributed by atoms with Crippen molar-refractivity contribution in [3.8, 4) is 0 Å². The molecule has 0 bridgehead atoms. The van der Waals surface area contributed by atoms with E-state index in [4.69, 9.17) is 9.05 Å². The van der Waals surface area contributed by atoms with E-state index in [0.29, 0.717) is 0 Å². The van der Waals surface area contributed by atoms with E-state index in [2.05, 4.69) is 3.97 Å². The Balaban J connectivity index is 3.00. The summed E-state index contributed by atoms with van der Waals surface area (Å²) in [6.07, 6.45) is 0. The normalized spacial score (nSPS) is 12.6. The van der Waals surface area contributed by atoms with Crippen molar-refractivity contribution >= 4 is 17.9 Å². The monoisotopic (exact) mass is 308 g/mol. The lowest BCUT2D eigenvalue weighted by Crippen LogP contribution is -2.08. The minimum absolute atomic E-state index is 0.0146. The summed E-state index contributed by atoms with van der Waals surface area (Å²) in [5, 5.41) is 0. The van der Waals surface area contributed by atoms with E-state index in [1.807, 2.05) is 6.92 Å². The topological polar surface area (TPSA) is 78.9 Å². The number of phosphoric acid groups is 1. The molecule has 0 aromatic heterocycles. The largest absolute Gasteiger partial charge is 0.489 e. The first-order valence-corrected chi connectivity index (χ1v) is 8.62. The summed E-state index contributed by atoms with van der Waals surface area (Å²) in [5.74, 6) is 0. The number of phosphoric ester groups is 1. The summed E-state index contributed by atoms with van der Waals surface area (Å²) >= 11 is 0. The van der Waals surface area contributed by atoms with E-state index in [9.17, 15) is 13.0 Å². The van der Waals surface area contributed by atoms with Crippen LogP contribution in [0.25, 0.3) is 0 Å². The fourth-order valence-electron chi connectivity index (χ4n) is 1.26. The molecule has 0 fully saturated rings. The van der Waals surface area contributed by atoms with Crippen LogP contribution in [0, 0.1) is 6.92 Å². The molecule has 1 aromatic rings. The highest BCUT2D eigenvalue weighted by Gasteiger charge is 2.34. The lowest BCUT2D eigenvalue weighted by atomic mass is 10.2. The molecule has 0 N–H and O–H groups in total. The summed E-state index contributed by atoms with van der Waals surface area (Å²) in [6, 6.07) is 5.96. The van der Waals surface area contributed by atoms with Crippen molar-refractivity contribution < 1.29 is 26.0 Å². The van der Waals surface area contributed by atoms with E-state index in [0.717, 1.165) is 5.56 Å². The predicted molar refractivity (Wildman–Crippen MR) is 70.3 cm³/mol. The van der Waals surface area contributed by atoms with E-state index in [-0.39, 0.29) is 18.1 Å². The summed E-state index contributed by atoms with van der Waals surface area (Å²) in [7, 11) is -8.30. The fourth-order valence-corrected chi connectivity index (χ4v) is 4.09. The van der Waals surface area contributed by atoms with Crippen LogP contribution >= 0.6 is 7.82 Å². The number of hydrogen-bond donors (Lipinski definition) is 0. The van der Waals surface area contributed by atoms with Gasteiger partial charge in [-0.25, -0.2) is 4.57 Å². The van der Waals surface area contributed by atoms with Crippen molar-refractivity contribution in [2.45, 2.75) is 25.7 Å². The molecule has 0 heterocycles. The molecule has 0 aliphatic carbocycles. The lowest BCUT2D eigenvalue weighted by Gasteiger charge is -2.15. The highest BCUT2D eigenvalue weighted by Crippen LogP contribution is 2.51. The van der Waals surface area contributed by atoms with Gasteiger partial charge in [-0.15, -0.1) is 0 Å². The van der Waals surface area contributed by atoms with E-state index < -0.39 is 17.9 Å². The van der Waals surface area contributed by atoms with E-state index in [1.54, 1.807) is 26.0 Å². The molecule has 0 spiro atoms. The first kappa shape index (κ1) is 16.3. The Morgan fingerprint density at radius 1 is 1.05 bits per heavy atom. The maximum atomic E-state index is 12.0. The molecule has 0 atom stereocenters. The van der Waals surface area contributed by atoms with Crippen molar-refractivity contribution in [1.29, 1.82) is 0 Å². The zero-order valence-electron chi connectivity index (χ0n) is 11.0. The quantitative estimate of drug-likeness (QED) is 0.721. The van der Waals surface area contributed by atoms with Gasteiger partial charge in [-0.2, -0.15) is 12.4 Å². The van der Waals surface area contributed by atoms with Crippen LogP contribution in [0.1, 0.15) is 19.4 Å². The van der Waals surface area contributed by atoms with Crippen molar-refractivity contribution in [3.05, 3.63) is 29.8 Å². The number of aryl methyl sites for hydroxylation is 1. The Morgan fingerprint density at radius 3 is 1.95 bits per heavy atom. The summed E-state index contributed by atoms with van der Waals surface area (Å²) in [5.41, 5.74) is 0.900. The second-order valence-electron chi connectivity index (χ2n) is 3.62. The van der Waals surface area contributed by atoms with Gasteiger partial charge in [0.05, 0.1) is 18.1 Å². The molecule has 0 amide bonds. The van der Waals surface area contributed by atoms with Gasteiger partial charge in [-0.3, -0.25) is 9.05 Å². The Hall–Kier alpha value is -0.720. The Bertz CT molecular complexity index is 541. The van der Waals surface area contributed by atoms with Crippen LogP contribution in [0.4, 0.5) is 0 Å². The zero-order valence-corrected chi connectivity index (χ0v) is 12.7. The van der Waals surface area contributed by atoms with Crippen LogP contribution in [0.3, 0.4) is 0 Å². The van der Waals surface area contributed by atoms with Gasteiger partial charge in [0.25, 0.3) is 0 Å². The van der Waals surface area contributed by atoms with Crippen molar-refractivity contribution in [3.63, 3.8) is 0 Å². The van der Waals surface area contributed by atoms with Crippen LogP contribution in [0.5, 0.6) is 0 Å². The first-order valence-electron chi connectivity index (χ1n) is 5.75. The van der Waals surface area contributed by atoms with Gasteiger partial charge in [0.15, 0.2) is 0 Å². The average molecular weight is 308 g/mol. The zero-order chi connectivity index (χ0) is 14.5. The second kappa shape index (κ2) is 6.63. The van der Waals surface area contributed by atoms with E-state index in [1.165, 1.54) is 12.1 Å². The number of hydrogen-bond acceptors (Lipinski definition) is 6. The molecule has 0 radical (unpaired) electrons. The highest BCUT2D eigenvalue weighted by molar-refractivity contribution is 7.90. The maximum absolute atomic E-state index is 12.0. The molecule has 0 saturated carbocycles. The second-order valence-corrected chi connectivity index (χ2v) is 7.01.